The minimum absolute atomic E-state index is 0.00849. The Morgan fingerprint density at radius 3 is 2.66 bits per heavy atom. The van der Waals surface area contributed by atoms with Crippen LogP contribution in [-0.2, 0) is 9.53 Å². The number of benzene rings is 1. The van der Waals surface area contributed by atoms with Gasteiger partial charge < -0.3 is 14.1 Å². The maximum absolute atomic E-state index is 13.3. The van der Waals surface area contributed by atoms with E-state index in [2.05, 4.69) is 4.98 Å². The number of fused-ring (bicyclic) bond motifs is 1. The number of carbonyl (C=O) groups excluding carboxylic acids is 2. The zero-order chi connectivity index (χ0) is 20.6. The first-order valence-electron chi connectivity index (χ1n) is 10.5. The fourth-order valence-corrected chi connectivity index (χ4v) is 4.22. The highest BCUT2D eigenvalue weighted by Crippen LogP contribution is 2.31. The van der Waals surface area contributed by atoms with Gasteiger partial charge >= 0.3 is 6.09 Å². The van der Waals surface area contributed by atoms with E-state index in [4.69, 9.17) is 9.15 Å². The van der Waals surface area contributed by atoms with E-state index in [0.29, 0.717) is 31.9 Å². The van der Waals surface area contributed by atoms with Crippen LogP contribution in [0.2, 0.25) is 0 Å². The summed E-state index contributed by atoms with van der Waals surface area (Å²) in [7, 11) is 0. The number of nitrogens with zero attached hydrogens (tertiary/aromatic N) is 3. The Kier molecular flexibility index (Phi) is 5.23. The average molecular weight is 399 g/mol. The number of hydrogen-bond acceptors (Lipinski definition) is 5. The third-order valence-corrected chi connectivity index (χ3v) is 5.56. The van der Waals surface area contributed by atoms with Crippen molar-refractivity contribution in [3.63, 3.8) is 0 Å². The number of carbonyl (C=O) groups is 2. The van der Waals surface area contributed by atoms with E-state index in [1.54, 1.807) is 4.90 Å². The van der Waals surface area contributed by atoms with Crippen LogP contribution in [0.1, 0.15) is 58.3 Å². The molecule has 0 saturated carbocycles. The van der Waals surface area contributed by atoms with E-state index >= 15 is 0 Å². The lowest BCUT2D eigenvalue weighted by Gasteiger charge is -2.35. The predicted molar refractivity (Wildman–Crippen MR) is 109 cm³/mol. The molecule has 2 atom stereocenters. The van der Waals surface area contributed by atoms with Gasteiger partial charge in [0.25, 0.3) is 0 Å². The smallest absolute Gasteiger partial charge is 0.410 e. The molecular formula is C22H29N3O4. The van der Waals surface area contributed by atoms with Crippen molar-refractivity contribution in [2.75, 3.05) is 19.6 Å². The van der Waals surface area contributed by atoms with Gasteiger partial charge in [0.15, 0.2) is 11.5 Å². The molecule has 0 radical (unpaired) electrons. The molecule has 7 heteroatoms. The number of para-hydroxylation sites is 2. The summed E-state index contributed by atoms with van der Waals surface area (Å²) in [6.45, 7) is 7.36. The van der Waals surface area contributed by atoms with Gasteiger partial charge in [-0.25, -0.2) is 9.78 Å². The fourth-order valence-electron chi connectivity index (χ4n) is 4.22. The molecule has 29 heavy (non-hydrogen) atoms. The Labute approximate surface area is 171 Å². The molecule has 1 aromatic carbocycles. The maximum Gasteiger partial charge on any atom is 0.410 e. The van der Waals surface area contributed by atoms with Crippen LogP contribution in [0.25, 0.3) is 11.1 Å². The molecule has 2 aliphatic rings. The molecular weight excluding hydrogens is 370 g/mol. The van der Waals surface area contributed by atoms with Crippen molar-refractivity contribution in [2.45, 2.75) is 64.0 Å². The third kappa shape index (κ3) is 4.23. The number of likely N-dealkylation sites (tertiary alicyclic amines) is 2. The molecule has 0 spiro atoms. The third-order valence-electron chi connectivity index (χ3n) is 5.56. The lowest BCUT2D eigenvalue weighted by molar-refractivity contribution is -0.137. The van der Waals surface area contributed by atoms with Crippen molar-refractivity contribution in [3.05, 3.63) is 30.2 Å². The standard InChI is InChI=1S/C22H29N3O4/c1-22(2,3)29-21(27)25-13-7-10-17(25)20(26)24-12-6-8-15(14-24)19-23-16-9-4-5-11-18(16)28-19/h4-5,9,11,15,17H,6-8,10,12-14H2,1-3H3/t15-,17-/m1/s1. The molecule has 0 N–H and O–H groups in total. The number of amides is 2. The Hall–Kier alpha value is -2.57. The molecule has 2 amide bonds. The maximum atomic E-state index is 13.3. The summed E-state index contributed by atoms with van der Waals surface area (Å²) in [5.74, 6) is 0.782. The first-order chi connectivity index (χ1) is 13.8. The first kappa shape index (κ1) is 19.7. The highest BCUT2D eigenvalue weighted by molar-refractivity contribution is 5.86. The Bertz CT molecular complexity index is 868. The van der Waals surface area contributed by atoms with Gasteiger partial charge in [0.2, 0.25) is 5.91 Å². The van der Waals surface area contributed by atoms with Crippen molar-refractivity contribution < 1.29 is 18.7 Å². The number of piperidine rings is 1. The normalized spacial score (nSPS) is 22.9. The molecule has 2 saturated heterocycles. The molecule has 2 fully saturated rings. The van der Waals surface area contributed by atoms with Gasteiger partial charge in [-0.2, -0.15) is 0 Å². The molecule has 156 valence electrons. The minimum Gasteiger partial charge on any atom is -0.444 e. The predicted octanol–water partition coefficient (Wildman–Crippen LogP) is 3.93. The second-order valence-corrected chi connectivity index (χ2v) is 8.97. The number of oxazole rings is 1. The topological polar surface area (TPSA) is 75.9 Å². The molecule has 0 aliphatic carbocycles. The highest BCUT2D eigenvalue weighted by Gasteiger charge is 2.40. The Morgan fingerprint density at radius 1 is 1.14 bits per heavy atom. The zero-order valence-electron chi connectivity index (χ0n) is 17.4. The van der Waals surface area contributed by atoms with Gasteiger partial charge in [0, 0.05) is 19.6 Å². The van der Waals surface area contributed by atoms with Crippen LogP contribution < -0.4 is 0 Å². The van der Waals surface area contributed by atoms with Crippen LogP contribution in [0, 0.1) is 0 Å². The van der Waals surface area contributed by atoms with Gasteiger partial charge in [0.1, 0.15) is 17.2 Å². The summed E-state index contributed by atoms with van der Waals surface area (Å²) < 4.78 is 11.4. The van der Waals surface area contributed by atoms with Crippen LogP contribution in [0.3, 0.4) is 0 Å². The number of aromatic nitrogens is 1. The van der Waals surface area contributed by atoms with Crippen LogP contribution >= 0.6 is 0 Å². The van der Waals surface area contributed by atoms with Crippen LogP contribution in [0.15, 0.2) is 28.7 Å². The summed E-state index contributed by atoms with van der Waals surface area (Å²) >= 11 is 0. The van der Waals surface area contributed by atoms with Crippen molar-refractivity contribution in [1.29, 1.82) is 0 Å². The number of ether oxygens (including phenoxy) is 1. The van der Waals surface area contributed by atoms with Crippen molar-refractivity contribution in [3.8, 4) is 0 Å². The van der Waals surface area contributed by atoms with Crippen molar-refractivity contribution in [2.24, 2.45) is 0 Å². The molecule has 0 bridgehead atoms. The molecule has 7 nitrogen and oxygen atoms in total. The zero-order valence-corrected chi connectivity index (χ0v) is 17.4. The summed E-state index contributed by atoms with van der Waals surface area (Å²) in [5.41, 5.74) is 1.05. The SMILES string of the molecule is CC(C)(C)OC(=O)N1CCC[C@@H]1C(=O)N1CCC[C@@H](c2nc3ccccc3o2)C1. The monoisotopic (exact) mass is 399 g/mol. The highest BCUT2D eigenvalue weighted by atomic mass is 16.6. The second kappa shape index (κ2) is 7.69. The summed E-state index contributed by atoms with van der Waals surface area (Å²) in [4.78, 5) is 33.9. The molecule has 2 aliphatic heterocycles. The van der Waals surface area contributed by atoms with E-state index in [1.165, 1.54) is 0 Å². The Balaban J connectivity index is 1.46. The first-order valence-corrected chi connectivity index (χ1v) is 10.5. The van der Waals surface area contributed by atoms with E-state index in [9.17, 15) is 9.59 Å². The lowest BCUT2D eigenvalue weighted by Crippen LogP contribution is -2.51. The molecule has 3 heterocycles. The van der Waals surface area contributed by atoms with Gasteiger partial charge in [-0.05, 0) is 58.6 Å². The quantitative estimate of drug-likeness (QED) is 0.765. The molecule has 4 rings (SSSR count). The van der Waals surface area contributed by atoms with E-state index in [1.807, 2.05) is 49.9 Å². The summed E-state index contributed by atoms with van der Waals surface area (Å²) in [6.07, 6.45) is 2.94. The lowest BCUT2D eigenvalue weighted by atomic mass is 9.97. The van der Waals surface area contributed by atoms with Crippen LogP contribution in [0.4, 0.5) is 4.79 Å². The summed E-state index contributed by atoms with van der Waals surface area (Å²) in [5, 5.41) is 0. The molecule has 1 aromatic heterocycles. The van der Waals surface area contributed by atoms with Crippen LogP contribution in [-0.4, -0.2) is 58.1 Å². The average Bonchev–Trinajstić information content (AvgIpc) is 3.33. The van der Waals surface area contributed by atoms with Crippen LogP contribution in [0.5, 0.6) is 0 Å². The Morgan fingerprint density at radius 2 is 1.90 bits per heavy atom. The van der Waals surface area contributed by atoms with Crippen molar-refractivity contribution >= 4 is 23.1 Å². The van der Waals surface area contributed by atoms with E-state index < -0.39 is 17.7 Å². The summed E-state index contributed by atoms with van der Waals surface area (Å²) in [6, 6.07) is 7.28. The largest absolute Gasteiger partial charge is 0.444 e. The van der Waals surface area contributed by atoms with Gasteiger partial charge in [-0.15, -0.1) is 0 Å². The minimum atomic E-state index is -0.573. The number of rotatable bonds is 2. The van der Waals surface area contributed by atoms with Gasteiger partial charge in [-0.1, -0.05) is 12.1 Å². The van der Waals surface area contributed by atoms with E-state index in [0.717, 1.165) is 30.4 Å². The molecule has 0 unspecified atom stereocenters. The molecule has 2 aromatic rings. The van der Waals surface area contributed by atoms with E-state index in [-0.39, 0.29) is 11.8 Å². The van der Waals surface area contributed by atoms with Crippen molar-refractivity contribution in [1.82, 2.24) is 14.8 Å². The van der Waals surface area contributed by atoms with Gasteiger partial charge in [-0.3, -0.25) is 9.69 Å². The fraction of sp³-hybridized carbons (Fsp3) is 0.591. The second-order valence-electron chi connectivity index (χ2n) is 8.97. The van der Waals surface area contributed by atoms with Gasteiger partial charge in [0.05, 0.1) is 5.92 Å². The number of hydrogen-bond donors (Lipinski definition) is 0.